The molecule has 1 aromatic rings. The molecule has 1 amide bonds. The summed E-state index contributed by atoms with van der Waals surface area (Å²) in [5, 5.41) is 1.92. The van der Waals surface area contributed by atoms with E-state index < -0.39 is 29.6 Å². The lowest BCUT2D eigenvalue weighted by Crippen LogP contribution is -2.63. The summed E-state index contributed by atoms with van der Waals surface area (Å²) in [6.45, 7) is 2.52. The summed E-state index contributed by atoms with van der Waals surface area (Å²) in [6, 6.07) is 5.91. The third kappa shape index (κ3) is 3.84. The number of carbonyl (C=O) groups is 3. The smallest absolute Gasteiger partial charge is 0.449 e. The van der Waals surface area contributed by atoms with Gasteiger partial charge in [0, 0.05) is 12.6 Å². The molecule has 1 unspecified atom stereocenters. The number of nitrogens with one attached hydrogen (secondary N) is 1. The molecule has 0 aliphatic carbocycles. The number of rotatable bonds is 5. The van der Waals surface area contributed by atoms with Gasteiger partial charge in [-0.25, -0.2) is 4.79 Å². The van der Waals surface area contributed by atoms with Gasteiger partial charge in [0.05, 0.1) is 7.11 Å². The minimum Gasteiger partial charge on any atom is -0.465 e. The van der Waals surface area contributed by atoms with Crippen LogP contribution in [0.5, 0.6) is 0 Å². The number of alkyl halides is 3. The zero-order valence-corrected chi connectivity index (χ0v) is 13.2. The number of hydrogen-bond donors (Lipinski definition) is 1. The van der Waals surface area contributed by atoms with Crippen molar-refractivity contribution in [3.63, 3.8) is 0 Å². The van der Waals surface area contributed by atoms with Crippen molar-refractivity contribution in [2.75, 3.05) is 12.4 Å². The van der Waals surface area contributed by atoms with Crippen LogP contribution >= 0.6 is 0 Å². The topological polar surface area (TPSA) is 81.7 Å². The van der Waals surface area contributed by atoms with E-state index in [-0.39, 0.29) is 5.69 Å². The summed E-state index contributed by atoms with van der Waals surface area (Å²) in [6.07, 6.45) is -4.82. The van der Waals surface area contributed by atoms with E-state index in [1.54, 1.807) is 12.1 Å². The molecule has 1 aromatic carbocycles. The molecule has 1 N–H and O–H groups in total. The summed E-state index contributed by atoms with van der Waals surface area (Å²) in [5.41, 5.74) is -3.19. The fourth-order valence-corrected chi connectivity index (χ4v) is 1.89. The van der Waals surface area contributed by atoms with Crippen LogP contribution in [0.3, 0.4) is 0 Å². The Labute approximate surface area is 135 Å². The van der Waals surface area contributed by atoms with Crippen molar-refractivity contribution in [2.24, 2.45) is 0 Å². The number of hydrogen-bond acceptors (Lipinski definition) is 5. The minimum atomic E-state index is -5.51. The monoisotopic (exact) mass is 347 g/mol. The molecule has 6 nitrogen and oxygen atoms in total. The van der Waals surface area contributed by atoms with Gasteiger partial charge in [-0.1, -0.05) is 19.1 Å². The van der Waals surface area contributed by atoms with Crippen LogP contribution in [-0.2, 0) is 30.3 Å². The lowest BCUT2D eigenvalue weighted by atomic mass is 10.0. The number of halogens is 3. The minimum absolute atomic E-state index is 0.00174. The lowest BCUT2D eigenvalue weighted by molar-refractivity contribution is -0.260. The maximum absolute atomic E-state index is 13.4. The van der Waals surface area contributed by atoms with Gasteiger partial charge in [0.15, 0.2) is 0 Å². The second-order valence-electron chi connectivity index (χ2n) is 4.77. The van der Waals surface area contributed by atoms with Crippen molar-refractivity contribution in [3.8, 4) is 0 Å². The normalized spacial score (nSPS) is 13.6. The number of anilines is 1. The predicted molar refractivity (Wildman–Crippen MR) is 77.0 cm³/mol. The molecule has 1 rings (SSSR count). The Bertz CT molecular complexity index is 627. The van der Waals surface area contributed by atoms with Gasteiger partial charge in [-0.3, -0.25) is 9.59 Å². The summed E-state index contributed by atoms with van der Waals surface area (Å²) >= 11 is 0. The van der Waals surface area contributed by atoms with Crippen molar-refractivity contribution in [3.05, 3.63) is 29.8 Å². The third-order valence-electron chi connectivity index (χ3n) is 3.11. The van der Waals surface area contributed by atoms with E-state index in [1.807, 2.05) is 12.2 Å². The van der Waals surface area contributed by atoms with E-state index in [0.29, 0.717) is 20.5 Å². The van der Waals surface area contributed by atoms with Crippen molar-refractivity contribution in [1.29, 1.82) is 0 Å². The van der Waals surface area contributed by atoms with Gasteiger partial charge in [-0.2, -0.15) is 13.2 Å². The highest BCUT2D eigenvalue weighted by molar-refractivity contribution is 6.14. The standard InChI is InChI=1S/C15H16F3NO5/c1-4-10-5-7-11(8-6-10)19-12(21)14(13(22)23-3,15(16,17)18)24-9(2)20/h5-8H,4H2,1-3H3,(H,19,21). The van der Waals surface area contributed by atoms with Crippen molar-refractivity contribution >= 4 is 23.5 Å². The van der Waals surface area contributed by atoms with Crippen LogP contribution in [0.4, 0.5) is 18.9 Å². The van der Waals surface area contributed by atoms with Crippen LogP contribution < -0.4 is 5.32 Å². The highest BCUT2D eigenvalue weighted by Gasteiger charge is 2.70. The van der Waals surface area contributed by atoms with E-state index in [4.69, 9.17) is 0 Å². The van der Waals surface area contributed by atoms with Crippen molar-refractivity contribution in [1.82, 2.24) is 0 Å². The average Bonchev–Trinajstić information content (AvgIpc) is 2.51. The van der Waals surface area contributed by atoms with Gasteiger partial charge < -0.3 is 14.8 Å². The summed E-state index contributed by atoms with van der Waals surface area (Å²) in [4.78, 5) is 34.9. The van der Waals surface area contributed by atoms with Crippen LogP contribution in [0.1, 0.15) is 19.4 Å². The van der Waals surface area contributed by atoms with Gasteiger partial charge in [-0.15, -0.1) is 0 Å². The first-order chi connectivity index (χ1) is 11.1. The Morgan fingerprint density at radius 3 is 2.04 bits per heavy atom. The Kier molecular flexibility index (Phi) is 5.94. The SMILES string of the molecule is CCc1ccc(NC(=O)C(OC(C)=O)(C(=O)OC)C(F)(F)F)cc1. The maximum atomic E-state index is 13.4. The van der Waals surface area contributed by atoms with Gasteiger partial charge in [0.2, 0.25) is 0 Å². The highest BCUT2D eigenvalue weighted by atomic mass is 19.4. The number of aryl methyl sites for hydroxylation is 1. The van der Waals surface area contributed by atoms with Gasteiger partial charge in [0.25, 0.3) is 5.91 Å². The largest absolute Gasteiger partial charge is 0.465 e. The van der Waals surface area contributed by atoms with Crippen molar-refractivity contribution in [2.45, 2.75) is 32.0 Å². The molecule has 0 saturated carbocycles. The second kappa shape index (κ2) is 7.33. The molecule has 0 aliphatic rings. The molecule has 0 aromatic heterocycles. The van der Waals surface area contributed by atoms with Gasteiger partial charge in [0.1, 0.15) is 0 Å². The van der Waals surface area contributed by atoms with Crippen LogP contribution in [0, 0.1) is 0 Å². The molecule has 0 heterocycles. The summed E-state index contributed by atoms with van der Waals surface area (Å²) in [5.74, 6) is -5.39. The van der Waals surface area contributed by atoms with Crippen LogP contribution in [0.2, 0.25) is 0 Å². The van der Waals surface area contributed by atoms with E-state index in [9.17, 15) is 27.6 Å². The molecule has 0 spiro atoms. The molecular formula is C15H16F3NO5. The maximum Gasteiger partial charge on any atom is 0.449 e. The Hall–Kier alpha value is -2.58. The van der Waals surface area contributed by atoms with E-state index in [2.05, 4.69) is 9.47 Å². The quantitative estimate of drug-likeness (QED) is 0.652. The number of esters is 2. The molecule has 0 radical (unpaired) electrons. The fraction of sp³-hybridized carbons (Fsp3) is 0.400. The molecule has 9 heteroatoms. The molecule has 24 heavy (non-hydrogen) atoms. The first kappa shape index (κ1) is 19.5. The zero-order valence-electron chi connectivity index (χ0n) is 13.2. The Balaban J connectivity index is 3.27. The third-order valence-corrected chi connectivity index (χ3v) is 3.11. The number of methoxy groups -OCH3 is 1. The Morgan fingerprint density at radius 1 is 1.12 bits per heavy atom. The van der Waals surface area contributed by atoms with Crippen LogP contribution in [0.25, 0.3) is 0 Å². The van der Waals surface area contributed by atoms with E-state index in [0.717, 1.165) is 5.56 Å². The molecule has 132 valence electrons. The van der Waals surface area contributed by atoms with Gasteiger partial charge >= 0.3 is 23.7 Å². The molecule has 0 aliphatic heterocycles. The van der Waals surface area contributed by atoms with Gasteiger partial charge in [-0.05, 0) is 24.1 Å². The van der Waals surface area contributed by atoms with E-state index >= 15 is 0 Å². The van der Waals surface area contributed by atoms with Crippen molar-refractivity contribution < 1.29 is 37.0 Å². The molecule has 0 saturated heterocycles. The van der Waals surface area contributed by atoms with Crippen LogP contribution in [-0.4, -0.2) is 36.7 Å². The molecular weight excluding hydrogens is 331 g/mol. The zero-order chi connectivity index (χ0) is 18.5. The number of benzene rings is 1. The summed E-state index contributed by atoms with van der Waals surface area (Å²) in [7, 11) is 0.648. The van der Waals surface area contributed by atoms with E-state index in [1.165, 1.54) is 12.1 Å². The van der Waals surface area contributed by atoms with Crippen LogP contribution in [0.15, 0.2) is 24.3 Å². The molecule has 1 atom stereocenters. The molecule has 0 bridgehead atoms. The second-order valence-corrected chi connectivity index (χ2v) is 4.77. The number of ether oxygens (including phenoxy) is 2. The summed E-state index contributed by atoms with van der Waals surface area (Å²) < 4.78 is 48.3. The first-order valence-corrected chi connectivity index (χ1v) is 6.83. The first-order valence-electron chi connectivity index (χ1n) is 6.83. The lowest BCUT2D eigenvalue weighted by Gasteiger charge is -2.30. The average molecular weight is 347 g/mol. The number of carbonyl (C=O) groups excluding carboxylic acids is 3. The fourth-order valence-electron chi connectivity index (χ4n) is 1.89. The predicted octanol–water partition coefficient (Wildman–Crippen LogP) is 2.22. The molecule has 0 fully saturated rings. The Morgan fingerprint density at radius 2 is 1.67 bits per heavy atom. The number of amides is 1. The highest BCUT2D eigenvalue weighted by Crippen LogP contribution is 2.36.